The first kappa shape index (κ1) is 8.27. The van der Waals surface area contributed by atoms with Gasteiger partial charge in [0, 0.05) is 11.0 Å². The van der Waals surface area contributed by atoms with Crippen molar-refractivity contribution in [2.45, 2.75) is 6.54 Å². The normalized spacial score (nSPS) is 9.18. The van der Waals surface area contributed by atoms with Crippen molar-refractivity contribution in [3.8, 4) is 0 Å². The van der Waals surface area contributed by atoms with Gasteiger partial charge in [0.1, 0.15) is 0 Å². The molecule has 0 atom stereocenters. The standard InChI is InChI=1S/C8H7BrNO/c9-8-4-2-1-3-7(8)5-10-6-11/h1-4H,5H2,(H,10,11). The zero-order chi connectivity index (χ0) is 8.10. The molecule has 57 valence electrons. The lowest BCUT2D eigenvalue weighted by atomic mass is 10.2. The van der Waals surface area contributed by atoms with E-state index >= 15 is 0 Å². The van der Waals surface area contributed by atoms with Gasteiger partial charge in [0.2, 0.25) is 0 Å². The van der Waals surface area contributed by atoms with Gasteiger partial charge in [0.15, 0.2) is 0 Å². The second kappa shape index (κ2) is 4.13. The molecule has 0 saturated carbocycles. The molecule has 0 spiro atoms. The Morgan fingerprint density at radius 2 is 2.18 bits per heavy atom. The van der Waals surface area contributed by atoms with Gasteiger partial charge in [0.05, 0.1) is 0 Å². The molecular formula is C8H7BrNO. The molecule has 0 aliphatic rings. The van der Waals surface area contributed by atoms with E-state index < -0.39 is 0 Å². The molecule has 0 unspecified atom stereocenters. The first-order valence-corrected chi connectivity index (χ1v) is 3.97. The lowest BCUT2D eigenvalue weighted by Crippen LogP contribution is -2.09. The average molecular weight is 213 g/mol. The third-order valence-corrected chi connectivity index (χ3v) is 2.08. The number of nitrogens with one attached hydrogen (secondary N) is 1. The van der Waals surface area contributed by atoms with Crippen molar-refractivity contribution in [2.75, 3.05) is 0 Å². The molecular weight excluding hydrogens is 206 g/mol. The number of hydrogen-bond acceptors (Lipinski definition) is 1. The predicted octanol–water partition coefficient (Wildman–Crippen LogP) is 1.61. The molecule has 2 nitrogen and oxygen atoms in total. The number of benzene rings is 1. The van der Waals surface area contributed by atoms with E-state index in [-0.39, 0.29) is 0 Å². The van der Waals surface area contributed by atoms with Crippen LogP contribution < -0.4 is 5.32 Å². The fourth-order valence-electron chi connectivity index (χ4n) is 0.773. The summed E-state index contributed by atoms with van der Waals surface area (Å²) in [6, 6.07) is 7.72. The average Bonchev–Trinajstić information content (AvgIpc) is 2.03. The summed E-state index contributed by atoms with van der Waals surface area (Å²) in [5, 5.41) is 2.47. The van der Waals surface area contributed by atoms with Crippen molar-refractivity contribution < 1.29 is 4.79 Å². The van der Waals surface area contributed by atoms with Gasteiger partial charge in [-0.25, -0.2) is 0 Å². The van der Waals surface area contributed by atoms with Crippen molar-refractivity contribution in [3.63, 3.8) is 0 Å². The van der Waals surface area contributed by atoms with E-state index in [0.29, 0.717) is 6.54 Å². The highest BCUT2D eigenvalue weighted by atomic mass is 79.9. The maximum Gasteiger partial charge on any atom is 0.309 e. The van der Waals surface area contributed by atoms with Crippen molar-refractivity contribution in [3.05, 3.63) is 34.3 Å². The summed E-state index contributed by atoms with van der Waals surface area (Å²) in [7, 11) is 0. The van der Waals surface area contributed by atoms with Crippen LogP contribution in [0.2, 0.25) is 0 Å². The molecule has 0 bridgehead atoms. The zero-order valence-corrected chi connectivity index (χ0v) is 7.39. The minimum absolute atomic E-state index is 0.519. The maximum absolute atomic E-state index is 9.84. The second-order valence-electron chi connectivity index (χ2n) is 2.05. The van der Waals surface area contributed by atoms with Crippen LogP contribution in [0, 0.1) is 0 Å². The monoisotopic (exact) mass is 212 g/mol. The Bertz CT molecular complexity index is 250. The summed E-state index contributed by atoms with van der Waals surface area (Å²) < 4.78 is 1.00. The SMILES string of the molecule is O=[C]NCc1ccccc1Br. The predicted molar refractivity (Wildman–Crippen MR) is 46.7 cm³/mol. The smallest absolute Gasteiger partial charge is 0.309 e. The molecule has 0 saturated heterocycles. The second-order valence-corrected chi connectivity index (χ2v) is 2.90. The van der Waals surface area contributed by atoms with Crippen molar-refractivity contribution in [1.29, 1.82) is 0 Å². The molecule has 1 aromatic carbocycles. The van der Waals surface area contributed by atoms with Gasteiger partial charge < -0.3 is 5.32 Å². The molecule has 0 fully saturated rings. The fraction of sp³-hybridized carbons (Fsp3) is 0.125. The number of hydrogen-bond donors (Lipinski definition) is 1. The summed E-state index contributed by atoms with van der Waals surface area (Å²) in [4.78, 5) is 9.84. The van der Waals surface area contributed by atoms with Crippen LogP contribution >= 0.6 is 15.9 Å². The van der Waals surface area contributed by atoms with Crippen LogP contribution in [0.4, 0.5) is 0 Å². The highest BCUT2D eigenvalue weighted by Gasteiger charge is 1.95. The molecule has 0 aromatic heterocycles. The summed E-state index contributed by atoms with van der Waals surface area (Å²) in [5.74, 6) is 0. The molecule has 1 aromatic rings. The zero-order valence-electron chi connectivity index (χ0n) is 5.80. The molecule has 0 aliphatic carbocycles. The van der Waals surface area contributed by atoms with Gasteiger partial charge in [-0.1, -0.05) is 34.1 Å². The van der Waals surface area contributed by atoms with Crippen LogP contribution in [0.15, 0.2) is 28.7 Å². The summed E-state index contributed by atoms with van der Waals surface area (Å²) in [6.45, 7) is 0.519. The van der Waals surface area contributed by atoms with E-state index in [1.165, 1.54) is 0 Å². The highest BCUT2D eigenvalue weighted by molar-refractivity contribution is 9.10. The third kappa shape index (κ3) is 2.35. The molecule has 0 aliphatic heterocycles. The first-order chi connectivity index (χ1) is 5.34. The first-order valence-electron chi connectivity index (χ1n) is 3.18. The van der Waals surface area contributed by atoms with Crippen molar-refractivity contribution in [1.82, 2.24) is 5.32 Å². The van der Waals surface area contributed by atoms with Crippen LogP contribution in [-0.4, -0.2) is 6.41 Å². The molecule has 1 N–H and O–H groups in total. The van der Waals surface area contributed by atoms with E-state index in [1.807, 2.05) is 24.3 Å². The molecule has 1 rings (SSSR count). The Morgan fingerprint density at radius 1 is 1.45 bits per heavy atom. The van der Waals surface area contributed by atoms with Gasteiger partial charge in [-0.05, 0) is 11.6 Å². The van der Waals surface area contributed by atoms with Gasteiger partial charge in [-0.2, -0.15) is 0 Å². The summed E-state index contributed by atoms with van der Waals surface area (Å²) >= 11 is 3.36. The number of carbonyl (C=O) groups excluding carboxylic acids is 1. The largest absolute Gasteiger partial charge is 0.344 e. The van der Waals surface area contributed by atoms with Gasteiger partial charge in [0.25, 0.3) is 0 Å². The number of rotatable bonds is 3. The third-order valence-electron chi connectivity index (χ3n) is 1.31. The van der Waals surface area contributed by atoms with Gasteiger partial charge in [-0.15, -0.1) is 0 Å². The quantitative estimate of drug-likeness (QED) is 0.759. The van der Waals surface area contributed by atoms with Gasteiger partial charge in [-0.3, -0.25) is 4.79 Å². The van der Waals surface area contributed by atoms with Crippen LogP contribution in [0.3, 0.4) is 0 Å². The Kier molecular flexibility index (Phi) is 3.11. The van der Waals surface area contributed by atoms with Gasteiger partial charge >= 0.3 is 6.41 Å². The molecule has 0 heterocycles. The van der Waals surface area contributed by atoms with E-state index in [2.05, 4.69) is 21.2 Å². The summed E-state index contributed by atoms with van der Waals surface area (Å²) in [6.07, 6.45) is 1.62. The van der Waals surface area contributed by atoms with E-state index in [9.17, 15) is 4.79 Å². The fourth-order valence-corrected chi connectivity index (χ4v) is 1.20. The minimum atomic E-state index is 0.519. The Morgan fingerprint density at radius 3 is 2.82 bits per heavy atom. The highest BCUT2D eigenvalue weighted by Crippen LogP contribution is 2.14. The number of halogens is 1. The lowest BCUT2D eigenvalue weighted by molar-refractivity contribution is 0.542. The summed E-state index contributed by atoms with van der Waals surface area (Å²) in [5.41, 5.74) is 1.05. The topological polar surface area (TPSA) is 29.1 Å². The van der Waals surface area contributed by atoms with Crippen LogP contribution in [0.1, 0.15) is 5.56 Å². The Labute approximate surface area is 73.7 Å². The Hall–Kier alpha value is -0.830. The molecule has 1 radical (unpaired) electrons. The van der Waals surface area contributed by atoms with E-state index in [0.717, 1.165) is 10.0 Å². The lowest BCUT2D eigenvalue weighted by Gasteiger charge is -2.00. The van der Waals surface area contributed by atoms with Crippen LogP contribution in [0.25, 0.3) is 0 Å². The van der Waals surface area contributed by atoms with E-state index in [1.54, 1.807) is 6.41 Å². The maximum atomic E-state index is 9.84. The Balaban J connectivity index is 2.69. The van der Waals surface area contributed by atoms with Crippen LogP contribution in [-0.2, 0) is 11.3 Å². The van der Waals surface area contributed by atoms with Crippen molar-refractivity contribution >= 4 is 22.3 Å². The van der Waals surface area contributed by atoms with E-state index in [4.69, 9.17) is 0 Å². The molecule has 3 heteroatoms. The van der Waals surface area contributed by atoms with Crippen molar-refractivity contribution in [2.24, 2.45) is 0 Å². The number of amides is 1. The minimum Gasteiger partial charge on any atom is -0.344 e. The molecule has 1 amide bonds. The van der Waals surface area contributed by atoms with Crippen LogP contribution in [0.5, 0.6) is 0 Å². The molecule has 11 heavy (non-hydrogen) atoms.